The molecule has 0 atom stereocenters. The third kappa shape index (κ3) is 2.38. The second-order valence-electron chi connectivity index (χ2n) is 4.90. The molecule has 21 heavy (non-hydrogen) atoms. The predicted molar refractivity (Wildman–Crippen MR) is 79.8 cm³/mol. The molecular weight excluding hydrogens is 269 g/mol. The zero-order valence-electron chi connectivity index (χ0n) is 11.7. The molecule has 3 aromatic rings. The molecule has 1 amide bonds. The van der Waals surface area contributed by atoms with Crippen LogP contribution in [0.1, 0.15) is 10.4 Å². The molecule has 0 spiro atoms. The third-order valence-corrected chi connectivity index (χ3v) is 3.47. The van der Waals surface area contributed by atoms with Crippen molar-refractivity contribution in [1.29, 1.82) is 0 Å². The van der Waals surface area contributed by atoms with Crippen LogP contribution in [0.5, 0.6) is 0 Å². The average molecular weight is 283 g/mol. The van der Waals surface area contributed by atoms with Gasteiger partial charge in [-0.2, -0.15) is 0 Å². The second-order valence-corrected chi connectivity index (χ2v) is 4.90. The number of hydrogen-bond donors (Lipinski definition) is 0. The largest absolute Gasteiger partial charge is 0.334 e. The van der Waals surface area contributed by atoms with Crippen molar-refractivity contribution in [2.45, 2.75) is 0 Å². The quantitative estimate of drug-likeness (QED) is 0.725. The number of benzene rings is 2. The Morgan fingerprint density at radius 2 is 2.05 bits per heavy atom. The normalized spacial score (nSPS) is 10.8. The Bertz CT molecular complexity index is 825. The van der Waals surface area contributed by atoms with Gasteiger partial charge in [-0.15, -0.1) is 0 Å². The molecule has 0 aliphatic carbocycles. The lowest BCUT2D eigenvalue weighted by atomic mass is 10.2. The minimum absolute atomic E-state index is 0.259. The van der Waals surface area contributed by atoms with Gasteiger partial charge < -0.3 is 9.47 Å². The first-order valence-corrected chi connectivity index (χ1v) is 6.51. The number of anilines is 1. The molecule has 0 bridgehead atoms. The Kier molecular flexibility index (Phi) is 3.17. The number of nitrogens with zero attached hydrogens (tertiary/aromatic N) is 3. The van der Waals surface area contributed by atoms with Crippen LogP contribution in [0.3, 0.4) is 0 Å². The van der Waals surface area contributed by atoms with E-state index in [2.05, 4.69) is 4.98 Å². The van der Waals surface area contributed by atoms with E-state index in [0.29, 0.717) is 5.56 Å². The van der Waals surface area contributed by atoms with Gasteiger partial charge in [-0.25, -0.2) is 9.37 Å². The lowest BCUT2D eigenvalue weighted by molar-refractivity contribution is 0.0992. The second kappa shape index (κ2) is 5.01. The van der Waals surface area contributed by atoms with Crippen LogP contribution in [0.2, 0.25) is 0 Å². The summed E-state index contributed by atoms with van der Waals surface area (Å²) >= 11 is 0. The number of rotatable bonds is 2. The first kappa shape index (κ1) is 13.3. The Hall–Kier alpha value is -2.69. The maximum Gasteiger partial charge on any atom is 0.258 e. The van der Waals surface area contributed by atoms with Crippen LogP contribution in [0, 0.1) is 5.82 Å². The van der Waals surface area contributed by atoms with Crippen molar-refractivity contribution in [3.05, 3.63) is 60.2 Å². The number of carbonyl (C=O) groups is 1. The number of hydrogen-bond acceptors (Lipinski definition) is 2. The Labute approximate surface area is 121 Å². The summed E-state index contributed by atoms with van der Waals surface area (Å²) in [7, 11) is 3.58. The zero-order valence-corrected chi connectivity index (χ0v) is 11.7. The van der Waals surface area contributed by atoms with Crippen LogP contribution in [-0.4, -0.2) is 22.5 Å². The maximum absolute atomic E-state index is 13.2. The molecule has 5 heteroatoms. The summed E-state index contributed by atoms with van der Waals surface area (Å²) in [6.45, 7) is 0. The highest BCUT2D eigenvalue weighted by Gasteiger charge is 2.15. The number of aryl methyl sites for hydroxylation is 1. The molecule has 0 N–H and O–H groups in total. The van der Waals surface area contributed by atoms with E-state index in [4.69, 9.17) is 0 Å². The zero-order chi connectivity index (χ0) is 15.0. The molecule has 4 nitrogen and oxygen atoms in total. The highest BCUT2D eigenvalue weighted by Crippen LogP contribution is 2.21. The van der Waals surface area contributed by atoms with E-state index in [9.17, 15) is 9.18 Å². The van der Waals surface area contributed by atoms with E-state index in [-0.39, 0.29) is 5.91 Å². The average Bonchev–Trinajstić information content (AvgIpc) is 2.86. The summed E-state index contributed by atoms with van der Waals surface area (Å²) in [4.78, 5) is 18.1. The molecule has 3 rings (SSSR count). The summed E-state index contributed by atoms with van der Waals surface area (Å²) in [5.74, 6) is -0.681. The third-order valence-electron chi connectivity index (χ3n) is 3.47. The number of imidazole rings is 1. The fourth-order valence-electron chi connectivity index (χ4n) is 2.27. The van der Waals surface area contributed by atoms with Crippen LogP contribution >= 0.6 is 0 Å². The smallest absolute Gasteiger partial charge is 0.258 e. The van der Waals surface area contributed by atoms with Crippen LogP contribution in [0.25, 0.3) is 11.0 Å². The van der Waals surface area contributed by atoms with Crippen LogP contribution in [0.4, 0.5) is 10.1 Å². The maximum atomic E-state index is 13.2. The number of fused-ring (bicyclic) bond motifs is 1. The summed E-state index contributed by atoms with van der Waals surface area (Å²) < 4.78 is 15.1. The van der Waals surface area contributed by atoms with Gasteiger partial charge in [-0.3, -0.25) is 4.79 Å². The highest BCUT2D eigenvalue weighted by molar-refractivity contribution is 6.06. The predicted octanol–water partition coefficient (Wildman–Crippen LogP) is 2.99. The summed E-state index contributed by atoms with van der Waals surface area (Å²) in [5.41, 5.74) is 2.84. The first-order valence-electron chi connectivity index (χ1n) is 6.51. The van der Waals surface area contributed by atoms with Crippen LogP contribution in [0.15, 0.2) is 48.8 Å². The van der Waals surface area contributed by atoms with Crippen LogP contribution in [-0.2, 0) is 7.05 Å². The lowest BCUT2D eigenvalue weighted by Gasteiger charge is -2.17. The van der Waals surface area contributed by atoms with Gasteiger partial charge >= 0.3 is 0 Å². The standard InChI is InChI=1S/C16H14FN3O/c1-19-10-18-14-9-13(6-7-15(14)19)20(2)16(21)11-4-3-5-12(17)8-11/h3-10H,1-2H3. The van der Waals surface area contributed by atoms with E-state index >= 15 is 0 Å². The van der Waals surface area contributed by atoms with Gasteiger partial charge in [0.15, 0.2) is 0 Å². The van der Waals surface area contributed by atoms with Gasteiger partial charge in [0.25, 0.3) is 5.91 Å². The number of aromatic nitrogens is 2. The SMILES string of the molecule is CN(C(=O)c1cccc(F)c1)c1ccc2c(c1)ncn2C. The van der Waals surface area contributed by atoms with Gasteiger partial charge in [0, 0.05) is 25.3 Å². The fraction of sp³-hybridized carbons (Fsp3) is 0.125. The van der Waals surface area contributed by atoms with Gasteiger partial charge in [0.05, 0.1) is 17.4 Å². The molecule has 0 aliphatic rings. The summed E-state index contributed by atoms with van der Waals surface area (Å²) in [5, 5.41) is 0. The molecule has 0 aliphatic heterocycles. The van der Waals surface area contributed by atoms with Gasteiger partial charge in [-0.1, -0.05) is 6.07 Å². The molecular formula is C16H14FN3O. The van der Waals surface area contributed by atoms with Gasteiger partial charge in [0.2, 0.25) is 0 Å². The van der Waals surface area contributed by atoms with E-state index in [0.717, 1.165) is 16.7 Å². The molecule has 106 valence electrons. The summed E-state index contributed by atoms with van der Waals surface area (Å²) in [6, 6.07) is 11.3. The van der Waals surface area contributed by atoms with Crippen molar-refractivity contribution in [2.75, 3.05) is 11.9 Å². The fourth-order valence-corrected chi connectivity index (χ4v) is 2.27. The molecule has 2 aromatic carbocycles. The molecule has 0 unspecified atom stereocenters. The molecule has 0 saturated heterocycles. The van der Waals surface area contributed by atoms with Crippen molar-refractivity contribution in [2.24, 2.45) is 7.05 Å². The monoisotopic (exact) mass is 283 g/mol. The van der Waals surface area contributed by atoms with Crippen molar-refractivity contribution >= 4 is 22.6 Å². The number of carbonyl (C=O) groups excluding carboxylic acids is 1. The van der Waals surface area contributed by atoms with Crippen molar-refractivity contribution in [1.82, 2.24) is 9.55 Å². The highest BCUT2D eigenvalue weighted by atomic mass is 19.1. The Morgan fingerprint density at radius 3 is 2.81 bits per heavy atom. The van der Waals surface area contributed by atoms with Crippen molar-refractivity contribution in [3.8, 4) is 0 Å². The minimum atomic E-state index is -0.422. The molecule has 0 radical (unpaired) electrons. The molecule has 0 fully saturated rings. The number of halogens is 1. The summed E-state index contributed by atoms with van der Waals surface area (Å²) in [6.07, 6.45) is 1.73. The molecule has 1 heterocycles. The Morgan fingerprint density at radius 1 is 1.24 bits per heavy atom. The van der Waals surface area contributed by atoms with Gasteiger partial charge in [0.1, 0.15) is 5.82 Å². The minimum Gasteiger partial charge on any atom is -0.334 e. The van der Waals surface area contributed by atoms with Gasteiger partial charge in [-0.05, 0) is 36.4 Å². The van der Waals surface area contributed by atoms with Crippen molar-refractivity contribution in [3.63, 3.8) is 0 Å². The lowest BCUT2D eigenvalue weighted by Crippen LogP contribution is -2.26. The van der Waals surface area contributed by atoms with E-state index in [1.165, 1.54) is 23.1 Å². The van der Waals surface area contributed by atoms with Crippen molar-refractivity contribution < 1.29 is 9.18 Å². The van der Waals surface area contributed by atoms with E-state index < -0.39 is 5.82 Å². The topological polar surface area (TPSA) is 38.1 Å². The molecule has 0 saturated carbocycles. The molecule has 1 aromatic heterocycles. The van der Waals surface area contributed by atoms with E-state index in [1.807, 2.05) is 29.8 Å². The van der Waals surface area contributed by atoms with E-state index in [1.54, 1.807) is 19.4 Å². The number of amides is 1. The Balaban J connectivity index is 1.95. The first-order chi connectivity index (χ1) is 10.1. The van der Waals surface area contributed by atoms with Crippen LogP contribution < -0.4 is 4.90 Å².